The van der Waals surface area contributed by atoms with E-state index in [0.29, 0.717) is 11.3 Å². The number of nitrogens with one attached hydrogen (secondary N) is 1. The number of benzene rings is 2. The SMILES string of the molecule is COc1cccc(C(=O)NN=Cc2ccc(N3CCCC3)cc2)c1. The molecule has 0 saturated carbocycles. The summed E-state index contributed by atoms with van der Waals surface area (Å²) in [6.07, 6.45) is 4.17. The summed E-state index contributed by atoms with van der Waals surface area (Å²) >= 11 is 0. The molecule has 1 saturated heterocycles. The highest BCUT2D eigenvalue weighted by molar-refractivity contribution is 5.95. The molecule has 0 aliphatic carbocycles. The van der Waals surface area contributed by atoms with Crippen LogP contribution in [-0.4, -0.2) is 32.3 Å². The summed E-state index contributed by atoms with van der Waals surface area (Å²) in [4.78, 5) is 14.4. The van der Waals surface area contributed by atoms with Crippen molar-refractivity contribution in [1.82, 2.24) is 5.43 Å². The highest BCUT2D eigenvalue weighted by Gasteiger charge is 2.11. The van der Waals surface area contributed by atoms with Crippen molar-refractivity contribution >= 4 is 17.8 Å². The van der Waals surface area contributed by atoms with Crippen LogP contribution in [0.3, 0.4) is 0 Å². The lowest BCUT2D eigenvalue weighted by atomic mass is 10.2. The third-order valence-electron chi connectivity index (χ3n) is 4.08. The minimum Gasteiger partial charge on any atom is -0.497 e. The van der Waals surface area contributed by atoms with E-state index in [0.717, 1.165) is 18.7 Å². The van der Waals surface area contributed by atoms with Crippen LogP contribution >= 0.6 is 0 Å². The molecule has 5 heteroatoms. The smallest absolute Gasteiger partial charge is 0.271 e. The van der Waals surface area contributed by atoms with Crippen LogP contribution in [0.2, 0.25) is 0 Å². The second-order valence-electron chi connectivity index (χ2n) is 5.72. The third-order valence-corrected chi connectivity index (χ3v) is 4.08. The Hall–Kier alpha value is -2.82. The van der Waals surface area contributed by atoms with E-state index in [4.69, 9.17) is 4.74 Å². The molecule has 0 atom stereocenters. The van der Waals surface area contributed by atoms with Gasteiger partial charge >= 0.3 is 0 Å². The van der Waals surface area contributed by atoms with Gasteiger partial charge in [-0.05, 0) is 48.7 Å². The summed E-state index contributed by atoms with van der Waals surface area (Å²) in [5.41, 5.74) is 5.23. The Bertz CT molecular complexity index is 720. The Labute approximate surface area is 141 Å². The maximum atomic E-state index is 12.0. The van der Waals surface area contributed by atoms with Crippen LogP contribution in [0.5, 0.6) is 5.75 Å². The van der Waals surface area contributed by atoms with Crippen LogP contribution in [0.25, 0.3) is 0 Å². The molecule has 1 heterocycles. The largest absolute Gasteiger partial charge is 0.497 e. The number of hydrogen-bond acceptors (Lipinski definition) is 4. The maximum Gasteiger partial charge on any atom is 0.271 e. The molecular weight excluding hydrogens is 302 g/mol. The Morgan fingerprint density at radius 2 is 1.92 bits per heavy atom. The monoisotopic (exact) mass is 323 g/mol. The van der Waals surface area contributed by atoms with Crippen molar-refractivity contribution in [3.8, 4) is 5.75 Å². The van der Waals surface area contributed by atoms with Gasteiger partial charge in [0.25, 0.3) is 5.91 Å². The Balaban J connectivity index is 1.58. The van der Waals surface area contributed by atoms with Gasteiger partial charge in [0.2, 0.25) is 0 Å². The molecule has 124 valence electrons. The van der Waals surface area contributed by atoms with E-state index in [9.17, 15) is 4.79 Å². The van der Waals surface area contributed by atoms with Crippen molar-refractivity contribution in [1.29, 1.82) is 0 Å². The number of hydrogen-bond donors (Lipinski definition) is 1. The minimum atomic E-state index is -0.265. The van der Waals surface area contributed by atoms with Gasteiger partial charge in [-0.1, -0.05) is 18.2 Å². The Morgan fingerprint density at radius 3 is 2.62 bits per heavy atom. The van der Waals surface area contributed by atoms with Gasteiger partial charge in [-0.15, -0.1) is 0 Å². The standard InChI is InChI=1S/C19H21N3O2/c1-24-18-6-4-5-16(13-18)19(23)21-20-14-15-7-9-17(10-8-15)22-11-2-3-12-22/h4-10,13-14H,2-3,11-12H2,1H3,(H,21,23). The van der Waals surface area contributed by atoms with Crippen LogP contribution in [0.15, 0.2) is 53.6 Å². The first kappa shape index (κ1) is 16.1. The fourth-order valence-corrected chi connectivity index (χ4v) is 2.74. The zero-order valence-corrected chi connectivity index (χ0v) is 13.7. The predicted molar refractivity (Wildman–Crippen MR) is 95.9 cm³/mol. The van der Waals surface area contributed by atoms with E-state index >= 15 is 0 Å². The third kappa shape index (κ3) is 3.93. The Morgan fingerprint density at radius 1 is 1.17 bits per heavy atom. The summed E-state index contributed by atoms with van der Waals surface area (Å²) in [5.74, 6) is 0.378. The van der Waals surface area contributed by atoms with Crippen LogP contribution < -0.4 is 15.1 Å². The normalized spacial score (nSPS) is 14.1. The van der Waals surface area contributed by atoms with Gasteiger partial charge < -0.3 is 9.64 Å². The molecule has 1 fully saturated rings. The van der Waals surface area contributed by atoms with E-state index in [1.54, 1.807) is 37.6 Å². The molecule has 0 bridgehead atoms. The van der Waals surface area contributed by atoms with E-state index in [2.05, 4.69) is 27.6 Å². The molecule has 1 N–H and O–H groups in total. The molecular formula is C19H21N3O2. The zero-order valence-electron chi connectivity index (χ0n) is 13.7. The number of ether oxygens (including phenoxy) is 1. The van der Waals surface area contributed by atoms with Crippen molar-refractivity contribution in [3.63, 3.8) is 0 Å². The fraction of sp³-hybridized carbons (Fsp3) is 0.263. The molecule has 1 aliphatic heterocycles. The topological polar surface area (TPSA) is 53.9 Å². The van der Waals surface area contributed by atoms with Crippen LogP contribution in [0.4, 0.5) is 5.69 Å². The van der Waals surface area contributed by atoms with E-state index in [1.807, 2.05) is 12.1 Å². The summed E-state index contributed by atoms with van der Waals surface area (Å²) in [6, 6.07) is 15.2. The van der Waals surface area contributed by atoms with Gasteiger partial charge in [-0.3, -0.25) is 4.79 Å². The summed E-state index contributed by atoms with van der Waals surface area (Å²) in [5, 5.41) is 4.02. The number of carbonyl (C=O) groups excluding carboxylic acids is 1. The first-order chi connectivity index (χ1) is 11.8. The zero-order chi connectivity index (χ0) is 16.8. The quantitative estimate of drug-likeness (QED) is 0.679. The summed E-state index contributed by atoms with van der Waals surface area (Å²) in [6.45, 7) is 2.26. The molecule has 1 amide bonds. The first-order valence-electron chi connectivity index (χ1n) is 8.09. The number of rotatable bonds is 5. The average Bonchev–Trinajstić information content (AvgIpc) is 3.17. The van der Waals surface area contributed by atoms with Crippen molar-refractivity contribution < 1.29 is 9.53 Å². The Kier molecular flexibility index (Phi) is 5.11. The lowest BCUT2D eigenvalue weighted by molar-refractivity contribution is 0.0955. The summed E-state index contributed by atoms with van der Waals surface area (Å²) in [7, 11) is 1.57. The lowest BCUT2D eigenvalue weighted by Crippen LogP contribution is -2.18. The molecule has 1 aliphatic rings. The van der Waals surface area contributed by atoms with Gasteiger partial charge in [0.1, 0.15) is 5.75 Å². The summed E-state index contributed by atoms with van der Waals surface area (Å²) < 4.78 is 5.11. The van der Waals surface area contributed by atoms with Crippen molar-refractivity contribution in [3.05, 3.63) is 59.7 Å². The number of amides is 1. The highest BCUT2D eigenvalue weighted by atomic mass is 16.5. The molecule has 0 aromatic heterocycles. The van der Waals surface area contributed by atoms with Crippen LogP contribution in [-0.2, 0) is 0 Å². The van der Waals surface area contributed by atoms with E-state index in [-0.39, 0.29) is 5.91 Å². The van der Waals surface area contributed by atoms with E-state index < -0.39 is 0 Å². The van der Waals surface area contributed by atoms with Crippen molar-refractivity contribution in [2.75, 3.05) is 25.1 Å². The van der Waals surface area contributed by atoms with Crippen molar-refractivity contribution in [2.45, 2.75) is 12.8 Å². The fourth-order valence-electron chi connectivity index (χ4n) is 2.74. The first-order valence-corrected chi connectivity index (χ1v) is 8.09. The lowest BCUT2D eigenvalue weighted by Gasteiger charge is -2.17. The van der Waals surface area contributed by atoms with Crippen molar-refractivity contribution in [2.24, 2.45) is 5.10 Å². The van der Waals surface area contributed by atoms with Gasteiger partial charge in [0, 0.05) is 24.3 Å². The second kappa shape index (κ2) is 7.64. The predicted octanol–water partition coefficient (Wildman–Crippen LogP) is 3.06. The van der Waals surface area contributed by atoms with Crippen LogP contribution in [0.1, 0.15) is 28.8 Å². The number of nitrogens with zero attached hydrogens (tertiary/aromatic N) is 2. The molecule has 24 heavy (non-hydrogen) atoms. The molecule has 3 rings (SSSR count). The second-order valence-corrected chi connectivity index (χ2v) is 5.72. The molecule has 5 nitrogen and oxygen atoms in total. The molecule has 2 aromatic carbocycles. The number of anilines is 1. The highest BCUT2D eigenvalue weighted by Crippen LogP contribution is 2.20. The van der Waals surface area contributed by atoms with Gasteiger partial charge in [-0.25, -0.2) is 5.43 Å². The van der Waals surface area contributed by atoms with Gasteiger partial charge in [-0.2, -0.15) is 5.10 Å². The molecule has 2 aromatic rings. The average molecular weight is 323 g/mol. The molecule has 0 unspecified atom stereocenters. The number of methoxy groups -OCH3 is 1. The van der Waals surface area contributed by atoms with Gasteiger partial charge in [0.15, 0.2) is 0 Å². The maximum absolute atomic E-state index is 12.0. The minimum absolute atomic E-state index is 0.265. The van der Waals surface area contributed by atoms with Crippen LogP contribution in [0, 0.1) is 0 Å². The number of hydrazone groups is 1. The van der Waals surface area contributed by atoms with Gasteiger partial charge in [0.05, 0.1) is 13.3 Å². The van der Waals surface area contributed by atoms with E-state index in [1.165, 1.54) is 18.5 Å². The molecule has 0 radical (unpaired) electrons. The molecule has 0 spiro atoms. The number of carbonyl (C=O) groups is 1.